The van der Waals surface area contributed by atoms with Crippen LogP contribution in [0.4, 0.5) is 0 Å². The van der Waals surface area contributed by atoms with Crippen molar-refractivity contribution in [2.45, 2.75) is 31.6 Å². The number of hydrogen-bond acceptors (Lipinski definition) is 2. The molecule has 0 bridgehead atoms. The fourth-order valence-corrected chi connectivity index (χ4v) is 2.50. The van der Waals surface area contributed by atoms with Crippen LogP contribution in [-0.2, 0) is 9.05 Å². The van der Waals surface area contributed by atoms with Gasteiger partial charge < -0.3 is 0 Å². The van der Waals surface area contributed by atoms with Crippen LogP contribution in [-0.4, -0.2) is 8.42 Å². The third-order valence-electron chi connectivity index (χ3n) is 2.13. The van der Waals surface area contributed by atoms with Crippen molar-refractivity contribution in [2.75, 3.05) is 0 Å². The van der Waals surface area contributed by atoms with E-state index in [4.69, 9.17) is 10.7 Å². The summed E-state index contributed by atoms with van der Waals surface area (Å²) < 4.78 is 22.2. The molecule has 4 heteroatoms. The molecule has 0 aliphatic rings. The van der Waals surface area contributed by atoms with Crippen LogP contribution in [0.1, 0.15) is 30.9 Å². The van der Waals surface area contributed by atoms with Crippen LogP contribution >= 0.6 is 10.7 Å². The van der Waals surface area contributed by atoms with Gasteiger partial charge in [-0.3, -0.25) is 0 Å². The van der Waals surface area contributed by atoms with Crippen LogP contribution in [0.15, 0.2) is 23.1 Å². The van der Waals surface area contributed by atoms with Gasteiger partial charge in [-0.2, -0.15) is 0 Å². The quantitative estimate of drug-likeness (QED) is 0.735. The molecule has 0 amide bonds. The molecule has 0 aliphatic carbocycles. The summed E-state index contributed by atoms with van der Waals surface area (Å²) in [6.07, 6.45) is 0. The topological polar surface area (TPSA) is 34.1 Å². The van der Waals surface area contributed by atoms with Gasteiger partial charge in [-0.1, -0.05) is 26.0 Å². The minimum atomic E-state index is -3.60. The zero-order valence-corrected chi connectivity index (χ0v) is 9.98. The maximum Gasteiger partial charge on any atom is 0.261 e. The van der Waals surface area contributed by atoms with Gasteiger partial charge in [0.1, 0.15) is 0 Å². The van der Waals surface area contributed by atoms with Crippen LogP contribution in [0.5, 0.6) is 0 Å². The normalized spacial score (nSPS) is 12.1. The highest BCUT2D eigenvalue weighted by Crippen LogP contribution is 2.23. The van der Waals surface area contributed by atoms with E-state index in [2.05, 4.69) is 13.8 Å². The van der Waals surface area contributed by atoms with Gasteiger partial charge in [0.15, 0.2) is 0 Å². The molecular weight excluding hydrogens is 220 g/mol. The van der Waals surface area contributed by atoms with Crippen LogP contribution in [0.25, 0.3) is 0 Å². The first kappa shape index (κ1) is 11.5. The van der Waals surface area contributed by atoms with Crippen molar-refractivity contribution in [3.8, 4) is 0 Å². The van der Waals surface area contributed by atoms with Crippen molar-refractivity contribution >= 4 is 19.7 Å². The number of benzene rings is 1. The van der Waals surface area contributed by atoms with E-state index in [1.165, 1.54) is 0 Å². The zero-order valence-electron chi connectivity index (χ0n) is 8.41. The predicted octanol–water partition coefficient (Wildman–Crippen LogP) is 3.05. The lowest BCUT2D eigenvalue weighted by Gasteiger charge is -2.08. The first-order chi connectivity index (χ1) is 6.32. The van der Waals surface area contributed by atoms with Crippen molar-refractivity contribution in [1.82, 2.24) is 0 Å². The Morgan fingerprint density at radius 3 is 2.21 bits per heavy atom. The maximum atomic E-state index is 11.1. The van der Waals surface area contributed by atoms with Gasteiger partial charge in [-0.15, -0.1) is 0 Å². The maximum absolute atomic E-state index is 11.1. The summed E-state index contributed by atoms with van der Waals surface area (Å²) >= 11 is 0. The van der Waals surface area contributed by atoms with Crippen molar-refractivity contribution in [1.29, 1.82) is 0 Å². The SMILES string of the molecule is Cc1cc(C(C)C)ccc1S(=O)(=O)Cl. The zero-order chi connectivity index (χ0) is 10.9. The number of halogens is 1. The van der Waals surface area contributed by atoms with E-state index in [0.717, 1.165) is 5.56 Å². The van der Waals surface area contributed by atoms with Gasteiger partial charge >= 0.3 is 0 Å². The van der Waals surface area contributed by atoms with Gasteiger partial charge in [0, 0.05) is 10.7 Å². The average molecular weight is 233 g/mol. The fraction of sp³-hybridized carbons (Fsp3) is 0.400. The first-order valence-electron chi connectivity index (χ1n) is 4.37. The Balaban J connectivity index is 3.28. The molecule has 1 rings (SSSR count). The van der Waals surface area contributed by atoms with Crippen molar-refractivity contribution in [2.24, 2.45) is 0 Å². The van der Waals surface area contributed by atoms with E-state index in [-0.39, 0.29) is 4.90 Å². The molecule has 0 atom stereocenters. The lowest BCUT2D eigenvalue weighted by Crippen LogP contribution is -1.96. The summed E-state index contributed by atoms with van der Waals surface area (Å²) in [5, 5.41) is 0. The number of aryl methyl sites for hydroxylation is 1. The molecule has 0 saturated carbocycles. The second kappa shape index (κ2) is 3.91. The number of hydrogen-bond donors (Lipinski definition) is 0. The highest BCUT2D eigenvalue weighted by atomic mass is 35.7. The van der Waals surface area contributed by atoms with Gasteiger partial charge in [0.05, 0.1) is 4.90 Å². The van der Waals surface area contributed by atoms with E-state index in [9.17, 15) is 8.42 Å². The van der Waals surface area contributed by atoms with Gasteiger partial charge in [0.25, 0.3) is 9.05 Å². The monoisotopic (exact) mass is 232 g/mol. The standard InChI is InChI=1S/C10H13ClO2S/c1-7(2)9-4-5-10(8(3)6-9)14(11,12)13/h4-7H,1-3H3. The Hall–Kier alpha value is -0.540. The molecule has 0 aromatic heterocycles. The second-order valence-electron chi connectivity index (χ2n) is 3.62. The lowest BCUT2D eigenvalue weighted by molar-refractivity contribution is 0.609. The van der Waals surface area contributed by atoms with Crippen molar-refractivity contribution in [3.63, 3.8) is 0 Å². The lowest BCUT2D eigenvalue weighted by atomic mass is 10.0. The minimum absolute atomic E-state index is 0.198. The molecule has 0 fully saturated rings. The molecule has 2 nitrogen and oxygen atoms in total. The molecule has 1 aromatic rings. The van der Waals surface area contributed by atoms with Crippen LogP contribution in [0.2, 0.25) is 0 Å². The largest absolute Gasteiger partial charge is 0.261 e. The van der Waals surface area contributed by atoms with Gasteiger partial charge in [0.2, 0.25) is 0 Å². The summed E-state index contributed by atoms with van der Waals surface area (Å²) in [5.41, 5.74) is 1.82. The molecule has 1 aromatic carbocycles. The molecule has 14 heavy (non-hydrogen) atoms. The second-order valence-corrected chi connectivity index (χ2v) is 6.15. The third kappa shape index (κ3) is 2.49. The Morgan fingerprint density at radius 1 is 1.29 bits per heavy atom. The Labute approximate surface area is 89.3 Å². The summed E-state index contributed by atoms with van der Waals surface area (Å²) in [7, 11) is 1.66. The van der Waals surface area contributed by atoms with Crippen LogP contribution < -0.4 is 0 Å². The fourth-order valence-electron chi connectivity index (χ4n) is 1.31. The highest BCUT2D eigenvalue weighted by Gasteiger charge is 2.13. The molecule has 0 N–H and O–H groups in total. The molecule has 0 unspecified atom stereocenters. The van der Waals surface area contributed by atoms with Gasteiger partial charge in [-0.05, 0) is 30.0 Å². The van der Waals surface area contributed by atoms with E-state index in [0.29, 0.717) is 11.5 Å². The van der Waals surface area contributed by atoms with E-state index in [1.807, 2.05) is 6.07 Å². The first-order valence-corrected chi connectivity index (χ1v) is 6.68. The van der Waals surface area contributed by atoms with Crippen LogP contribution in [0.3, 0.4) is 0 Å². The Kier molecular flexibility index (Phi) is 3.22. The Bertz CT molecular complexity index is 435. The molecule has 0 radical (unpaired) electrons. The summed E-state index contributed by atoms with van der Waals surface area (Å²) in [5.74, 6) is 0.390. The highest BCUT2D eigenvalue weighted by molar-refractivity contribution is 8.13. The molecule has 0 aliphatic heterocycles. The summed E-state index contributed by atoms with van der Waals surface area (Å²) in [4.78, 5) is 0.198. The van der Waals surface area contributed by atoms with E-state index in [1.54, 1.807) is 19.1 Å². The van der Waals surface area contributed by atoms with Crippen LogP contribution in [0, 0.1) is 6.92 Å². The predicted molar refractivity (Wildman–Crippen MR) is 58.3 cm³/mol. The molecular formula is C10H13ClO2S. The van der Waals surface area contributed by atoms with Crippen molar-refractivity contribution < 1.29 is 8.42 Å². The minimum Gasteiger partial charge on any atom is -0.207 e. The van der Waals surface area contributed by atoms with E-state index >= 15 is 0 Å². The van der Waals surface area contributed by atoms with E-state index < -0.39 is 9.05 Å². The average Bonchev–Trinajstić information content (AvgIpc) is 2.01. The summed E-state index contributed by atoms with van der Waals surface area (Å²) in [6, 6.07) is 5.22. The Morgan fingerprint density at radius 2 is 1.86 bits per heavy atom. The molecule has 0 saturated heterocycles. The molecule has 78 valence electrons. The smallest absolute Gasteiger partial charge is 0.207 e. The van der Waals surface area contributed by atoms with Gasteiger partial charge in [-0.25, -0.2) is 8.42 Å². The summed E-state index contributed by atoms with van der Waals surface area (Å²) in [6.45, 7) is 5.87. The third-order valence-corrected chi connectivity index (χ3v) is 3.61. The number of rotatable bonds is 2. The van der Waals surface area contributed by atoms with Crippen molar-refractivity contribution in [3.05, 3.63) is 29.3 Å². The molecule has 0 heterocycles. The molecule has 0 spiro atoms.